The van der Waals surface area contributed by atoms with Crippen molar-refractivity contribution < 1.29 is 9.53 Å². The van der Waals surface area contributed by atoms with E-state index in [9.17, 15) is 4.79 Å². The molecule has 0 unspecified atom stereocenters. The van der Waals surface area contributed by atoms with Gasteiger partial charge in [-0.15, -0.1) is 0 Å². The first kappa shape index (κ1) is 16.5. The number of amides is 1. The van der Waals surface area contributed by atoms with Gasteiger partial charge in [0.15, 0.2) is 6.61 Å². The van der Waals surface area contributed by atoms with Crippen molar-refractivity contribution in [2.75, 3.05) is 11.9 Å². The zero-order chi connectivity index (χ0) is 16.9. The van der Waals surface area contributed by atoms with Gasteiger partial charge >= 0.3 is 0 Å². The van der Waals surface area contributed by atoms with Gasteiger partial charge in [0.05, 0.1) is 11.4 Å². The Labute approximate surface area is 151 Å². The molecule has 1 heterocycles. The van der Waals surface area contributed by atoms with Crippen LogP contribution >= 0.6 is 27.5 Å². The van der Waals surface area contributed by atoms with E-state index in [1.54, 1.807) is 35.0 Å². The first-order chi connectivity index (χ1) is 11.6. The molecule has 0 saturated carbocycles. The molecule has 0 aliphatic carbocycles. The zero-order valence-electron chi connectivity index (χ0n) is 12.3. The average Bonchev–Trinajstić information content (AvgIpc) is 3.09. The molecule has 122 valence electrons. The Morgan fingerprint density at radius 3 is 2.75 bits per heavy atom. The van der Waals surface area contributed by atoms with Gasteiger partial charge in [-0.05, 0) is 42.5 Å². The summed E-state index contributed by atoms with van der Waals surface area (Å²) in [6.07, 6.45) is 2.95. The number of hydrogen-bond acceptors (Lipinski definition) is 4. The number of anilines is 1. The highest BCUT2D eigenvalue weighted by Gasteiger charge is 2.10. The first-order valence-corrected chi connectivity index (χ1v) is 8.12. The van der Waals surface area contributed by atoms with Gasteiger partial charge in [0.25, 0.3) is 5.91 Å². The molecule has 24 heavy (non-hydrogen) atoms. The van der Waals surface area contributed by atoms with Crippen molar-refractivity contribution in [3.63, 3.8) is 0 Å². The van der Waals surface area contributed by atoms with Crippen molar-refractivity contribution >= 4 is 39.1 Å². The Balaban J connectivity index is 1.70. The third-order valence-electron chi connectivity index (χ3n) is 3.08. The van der Waals surface area contributed by atoms with Crippen molar-refractivity contribution in [1.82, 2.24) is 14.8 Å². The number of aromatic nitrogens is 3. The fraction of sp³-hybridized carbons (Fsp3) is 0.0625. The van der Waals surface area contributed by atoms with E-state index in [0.29, 0.717) is 22.1 Å². The minimum Gasteiger partial charge on any atom is -0.484 e. The highest BCUT2D eigenvalue weighted by molar-refractivity contribution is 9.10. The molecule has 2 aromatic carbocycles. The van der Waals surface area contributed by atoms with E-state index < -0.39 is 0 Å². The Morgan fingerprint density at radius 1 is 1.25 bits per heavy atom. The SMILES string of the molecule is O=C(COc1ccc(Br)cc1)Nc1cc(Cl)ccc1-n1cncn1. The maximum absolute atomic E-state index is 12.2. The molecule has 8 heteroatoms. The highest BCUT2D eigenvalue weighted by atomic mass is 79.9. The molecule has 1 aromatic heterocycles. The lowest BCUT2D eigenvalue weighted by molar-refractivity contribution is -0.118. The summed E-state index contributed by atoms with van der Waals surface area (Å²) in [5, 5.41) is 7.34. The van der Waals surface area contributed by atoms with Crippen LogP contribution in [-0.4, -0.2) is 27.3 Å². The monoisotopic (exact) mass is 406 g/mol. The molecule has 0 bridgehead atoms. The fourth-order valence-corrected chi connectivity index (χ4v) is 2.44. The number of ether oxygens (including phenoxy) is 1. The molecule has 0 aliphatic heterocycles. The maximum Gasteiger partial charge on any atom is 0.262 e. The minimum absolute atomic E-state index is 0.120. The summed E-state index contributed by atoms with van der Waals surface area (Å²) in [6, 6.07) is 12.3. The second kappa shape index (κ2) is 7.46. The lowest BCUT2D eigenvalue weighted by Crippen LogP contribution is -2.21. The van der Waals surface area contributed by atoms with Gasteiger partial charge in [0.1, 0.15) is 18.4 Å². The Hall–Kier alpha value is -2.38. The van der Waals surface area contributed by atoms with Crippen LogP contribution in [-0.2, 0) is 4.79 Å². The maximum atomic E-state index is 12.2. The van der Waals surface area contributed by atoms with E-state index in [0.717, 1.165) is 4.47 Å². The zero-order valence-corrected chi connectivity index (χ0v) is 14.7. The Bertz CT molecular complexity index is 838. The second-order valence-corrected chi connectivity index (χ2v) is 6.14. The van der Waals surface area contributed by atoms with Gasteiger partial charge in [-0.2, -0.15) is 5.10 Å². The van der Waals surface area contributed by atoms with Crippen LogP contribution in [0.3, 0.4) is 0 Å². The van der Waals surface area contributed by atoms with E-state index in [4.69, 9.17) is 16.3 Å². The smallest absolute Gasteiger partial charge is 0.262 e. The molecule has 0 atom stereocenters. The highest BCUT2D eigenvalue weighted by Crippen LogP contribution is 2.24. The standard InChI is InChI=1S/C16H12BrClN4O2/c17-11-1-4-13(5-2-11)24-8-16(23)21-14-7-12(18)3-6-15(14)22-10-19-9-20-22/h1-7,9-10H,8H2,(H,21,23). The third kappa shape index (κ3) is 4.12. The molecule has 6 nitrogen and oxygen atoms in total. The Morgan fingerprint density at radius 2 is 2.04 bits per heavy atom. The Kier molecular flexibility index (Phi) is 5.12. The number of nitrogens with one attached hydrogen (secondary N) is 1. The van der Waals surface area contributed by atoms with Crippen LogP contribution in [0, 0.1) is 0 Å². The minimum atomic E-state index is -0.304. The molecule has 0 saturated heterocycles. The number of hydrogen-bond donors (Lipinski definition) is 1. The summed E-state index contributed by atoms with van der Waals surface area (Å²) in [5.41, 5.74) is 1.19. The van der Waals surface area contributed by atoms with E-state index in [1.807, 2.05) is 12.1 Å². The van der Waals surface area contributed by atoms with E-state index >= 15 is 0 Å². The summed E-state index contributed by atoms with van der Waals surface area (Å²) in [5.74, 6) is 0.303. The molecule has 1 amide bonds. The number of carbonyl (C=O) groups is 1. The van der Waals surface area contributed by atoms with Gasteiger partial charge in [-0.25, -0.2) is 9.67 Å². The summed E-state index contributed by atoms with van der Waals surface area (Å²) < 4.78 is 7.94. The van der Waals surface area contributed by atoms with Gasteiger partial charge in [0.2, 0.25) is 0 Å². The number of carbonyl (C=O) groups excluding carboxylic acids is 1. The topological polar surface area (TPSA) is 69.0 Å². The quantitative estimate of drug-likeness (QED) is 0.700. The molecule has 3 aromatic rings. The molecular formula is C16H12BrClN4O2. The van der Waals surface area contributed by atoms with Gasteiger partial charge in [-0.3, -0.25) is 4.79 Å². The molecule has 0 spiro atoms. The molecular weight excluding hydrogens is 396 g/mol. The summed E-state index contributed by atoms with van der Waals surface area (Å²) >= 11 is 9.36. The number of nitrogens with zero attached hydrogens (tertiary/aromatic N) is 3. The van der Waals surface area contributed by atoms with E-state index in [2.05, 4.69) is 31.3 Å². The van der Waals surface area contributed by atoms with Crippen LogP contribution < -0.4 is 10.1 Å². The van der Waals surface area contributed by atoms with Crippen molar-refractivity contribution in [3.8, 4) is 11.4 Å². The lowest BCUT2D eigenvalue weighted by atomic mass is 10.2. The second-order valence-electron chi connectivity index (χ2n) is 4.79. The van der Waals surface area contributed by atoms with Crippen LogP contribution in [0.1, 0.15) is 0 Å². The molecule has 0 radical (unpaired) electrons. The fourth-order valence-electron chi connectivity index (χ4n) is 2.01. The third-order valence-corrected chi connectivity index (χ3v) is 3.85. The van der Waals surface area contributed by atoms with E-state index in [-0.39, 0.29) is 12.5 Å². The van der Waals surface area contributed by atoms with E-state index in [1.165, 1.54) is 12.7 Å². The van der Waals surface area contributed by atoms with Crippen LogP contribution in [0.25, 0.3) is 5.69 Å². The molecule has 3 rings (SSSR count). The number of benzene rings is 2. The van der Waals surface area contributed by atoms with Crippen molar-refractivity contribution in [2.24, 2.45) is 0 Å². The summed E-state index contributed by atoms with van der Waals surface area (Å²) in [4.78, 5) is 16.1. The molecule has 0 aliphatic rings. The van der Waals surface area contributed by atoms with Crippen LogP contribution in [0.4, 0.5) is 5.69 Å². The molecule has 0 fully saturated rings. The average molecular weight is 408 g/mol. The predicted molar refractivity (Wildman–Crippen MR) is 94.6 cm³/mol. The van der Waals surface area contributed by atoms with Gasteiger partial charge in [-0.1, -0.05) is 27.5 Å². The summed E-state index contributed by atoms with van der Waals surface area (Å²) in [6.45, 7) is -0.120. The largest absolute Gasteiger partial charge is 0.484 e. The number of rotatable bonds is 5. The van der Waals surface area contributed by atoms with Crippen molar-refractivity contribution in [3.05, 3.63) is 64.6 Å². The normalized spacial score (nSPS) is 10.4. The number of halogens is 2. The summed E-state index contributed by atoms with van der Waals surface area (Å²) in [7, 11) is 0. The van der Waals surface area contributed by atoms with Crippen LogP contribution in [0.15, 0.2) is 59.6 Å². The molecule has 1 N–H and O–H groups in total. The van der Waals surface area contributed by atoms with Crippen molar-refractivity contribution in [2.45, 2.75) is 0 Å². The first-order valence-electron chi connectivity index (χ1n) is 6.94. The predicted octanol–water partition coefficient (Wildman–Crippen LogP) is 3.70. The van der Waals surface area contributed by atoms with Crippen molar-refractivity contribution in [1.29, 1.82) is 0 Å². The van der Waals surface area contributed by atoms with Crippen LogP contribution in [0.5, 0.6) is 5.75 Å². The lowest BCUT2D eigenvalue weighted by Gasteiger charge is -2.12. The van der Waals surface area contributed by atoms with Gasteiger partial charge in [0, 0.05) is 9.50 Å². The van der Waals surface area contributed by atoms with Gasteiger partial charge < -0.3 is 10.1 Å². The van der Waals surface area contributed by atoms with Crippen LogP contribution in [0.2, 0.25) is 5.02 Å².